The lowest BCUT2D eigenvalue weighted by Gasteiger charge is -2.07. The van der Waals surface area contributed by atoms with Crippen molar-refractivity contribution >= 4 is 62.8 Å². The molecule has 0 spiro atoms. The molecule has 1 atom stereocenters. The summed E-state index contributed by atoms with van der Waals surface area (Å²) >= 11 is 13.1. The van der Waals surface area contributed by atoms with Gasteiger partial charge in [-0.1, -0.05) is 35.0 Å². The molecule has 1 N–H and O–H groups in total. The summed E-state index contributed by atoms with van der Waals surface area (Å²) in [6.07, 6.45) is 1.62. The van der Waals surface area contributed by atoms with Crippen LogP contribution >= 0.6 is 35.0 Å². The molecule has 0 fully saturated rings. The maximum atomic E-state index is 11.3. The average Bonchev–Trinajstić information content (AvgIpc) is 2.71. The van der Waals surface area contributed by atoms with Crippen LogP contribution in [-0.4, -0.2) is 42.6 Å². The fourth-order valence-electron chi connectivity index (χ4n) is 1.77. The van der Waals surface area contributed by atoms with Crippen LogP contribution in [-0.2, 0) is 22.1 Å². The van der Waals surface area contributed by atoms with Crippen molar-refractivity contribution < 1.29 is 14.1 Å². The van der Waals surface area contributed by atoms with Crippen molar-refractivity contribution in [3.63, 3.8) is 0 Å². The fraction of sp³-hybridized carbons (Fsp3) is 0.333. The predicted octanol–water partition coefficient (Wildman–Crippen LogP) is 2.90. The Labute approximate surface area is 138 Å². The van der Waals surface area contributed by atoms with Gasteiger partial charge in [0.1, 0.15) is 0 Å². The Bertz CT molecular complexity index is 718. The van der Waals surface area contributed by atoms with Crippen LogP contribution < -0.4 is 0 Å². The van der Waals surface area contributed by atoms with E-state index in [0.717, 1.165) is 17.3 Å². The normalized spacial score (nSPS) is 12.7. The van der Waals surface area contributed by atoms with Crippen LogP contribution in [0.5, 0.6) is 0 Å². The van der Waals surface area contributed by atoms with Crippen molar-refractivity contribution in [3.8, 4) is 0 Å². The summed E-state index contributed by atoms with van der Waals surface area (Å²) in [6.45, 7) is 0.472. The number of imidazole rings is 1. The first-order valence-electron chi connectivity index (χ1n) is 5.88. The van der Waals surface area contributed by atoms with E-state index < -0.39 is 16.8 Å². The zero-order valence-electron chi connectivity index (χ0n) is 11.0. The highest BCUT2D eigenvalue weighted by atomic mass is 35.5. The molecule has 0 radical (unpaired) electrons. The zero-order valence-corrected chi connectivity index (χ0v) is 14.2. The van der Waals surface area contributed by atoms with Gasteiger partial charge in [-0.2, -0.15) is 0 Å². The molecule has 0 aliphatic carbocycles. The van der Waals surface area contributed by atoms with Gasteiger partial charge in [-0.25, -0.2) is 4.98 Å². The molecule has 1 unspecified atom stereocenters. The van der Waals surface area contributed by atoms with Gasteiger partial charge in [0.25, 0.3) is 0 Å². The third-order valence-corrected chi connectivity index (χ3v) is 5.12. The van der Waals surface area contributed by atoms with Crippen LogP contribution in [0, 0.1) is 0 Å². The number of hydrogen-bond acceptors (Lipinski definition) is 4. The van der Waals surface area contributed by atoms with Gasteiger partial charge in [-0.05, 0) is 12.1 Å². The van der Waals surface area contributed by atoms with Gasteiger partial charge in [0.05, 0.1) is 26.8 Å². The first-order valence-corrected chi connectivity index (χ1v) is 9.35. The predicted molar refractivity (Wildman–Crippen MR) is 87.0 cm³/mol. The minimum atomic E-state index is -0.957. The lowest BCUT2D eigenvalue weighted by atomic mass is 10.3. The second kappa shape index (κ2) is 7.00. The smallest absolute Gasteiger partial charge is 0.313 e. The third kappa shape index (κ3) is 4.12. The van der Waals surface area contributed by atoms with E-state index >= 15 is 0 Å². The number of carboxylic acid groups (broad SMARTS) is 1. The van der Waals surface area contributed by atoms with Crippen molar-refractivity contribution in [2.24, 2.45) is 0 Å². The second-order valence-electron chi connectivity index (χ2n) is 4.26. The molecule has 1 heterocycles. The number of thioether (sulfide) groups is 1. The van der Waals surface area contributed by atoms with E-state index in [-0.39, 0.29) is 5.75 Å². The van der Waals surface area contributed by atoms with E-state index in [4.69, 9.17) is 28.3 Å². The zero-order chi connectivity index (χ0) is 15.6. The van der Waals surface area contributed by atoms with Crippen molar-refractivity contribution in [2.75, 3.05) is 17.8 Å². The summed E-state index contributed by atoms with van der Waals surface area (Å²) in [5, 5.41) is 10.1. The Kier molecular flexibility index (Phi) is 5.54. The van der Waals surface area contributed by atoms with Crippen LogP contribution in [0.1, 0.15) is 0 Å². The number of nitrogens with zero attached hydrogens (tertiary/aromatic N) is 2. The number of carbonyl (C=O) groups is 1. The van der Waals surface area contributed by atoms with Crippen molar-refractivity contribution in [3.05, 3.63) is 22.2 Å². The van der Waals surface area contributed by atoms with E-state index in [1.807, 2.05) is 4.57 Å². The van der Waals surface area contributed by atoms with Gasteiger partial charge in [0.15, 0.2) is 5.16 Å². The number of benzene rings is 1. The number of aliphatic carboxylic acids is 1. The lowest BCUT2D eigenvalue weighted by molar-refractivity contribution is -0.133. The molecule has 1 aromatic heterocycles. The Hall–Kier alpha value is -0.760. The fourth-order valence-corrected chi connectivity index (χ4v) is 3.29. The summed E-state index contributed by atoms with van der Waals surface area (Å²) in [6, 6.07) is 3.33. The molecular formula is C12H12Cl2N2O3S2. The Morgan fingerprint density at radius 3 is 2.71 bits per heavy atom. The van der Waals surface area contributed by atoms with Crippen LogP contribution in [0.4, 0.5) is 0 Å². The Morgan fingerprint density at radius 1 is 1.43 bits per heavy atom. The number of aromatic nitrogens is 2. The summed E-state index contributed by atoms with van der Waals surface area (Å²) in [5.74, 6) is -0.569. The Balaban J connectivity index is 2.46. The van der Waals surface area contributed by atoms with Gasteiger partial charge in [-0.3, -0.25) is 9.00 Å². The maximum absolute atomic E-state index is 11.3. The molecule has 2 rings (SSSR count). The number of fused-ring (bicyclic) bond motifs is 1. The van der Waals surface area contributed by atoms with E-state index in [1.165, 1.54) is 0 Å². The highest BCUT2D eigenvalue weighted by Crippen LogP contribution is 2.31. The molecule has 1 aromatic carbocycles. The topological polar surface area (TPSA) is 72.2 Å². The molecule has 0 saturated carbocycles. The summed E-state index contributed by atoms with van der Waals surface area (Å²) in [4.78, 5) is 15.1. The van der Waals surface area contributed by atoms with Crippen molar-refractivity contribution in [1.29, 1.82) is 0 Å². The molecular weight excluding hydrogens is 355 g/mol. The van der Waals surface area contributed by atoms with Gasteiger partial charge in [-0.15, -0.1) is 0 Å². The van der Waals surface area contributed by atoms with Gasteiger partial charge < -0.3 is 9.67 Å². The standard InChI is InChI=1S/C12H12Cl2N2O3S2/c1-21(19)3-2-16-10-5-8(14)7(13)4-9(10)15-12(16)20-6-11(17)18/h4-5H,2-3,6H2,1H3,(H,17,18). The molecule has 0 amide bonds. The van der Waals surface area contributed by atoms with E-state index in [9.17, 15) is 9.00 Å². The van der Waals surface area contributed by atoms with Gasteiger partial charge >= 0.3 is 5.97 Å². The first-order chi connectivity index (χ1) is 9.88. The van der Waals surface area contributed by atoms with Crippen molar-refractivity contribution in [2.45, 2.75) is 11.7 Å². The molecule has 114 valence electrons. The monoisotopic (exact) mass is 366 g/mol. The highest BCUT2D eigenvalue weighted by Gasteiger charge is 2.15. The van der Waals surface area contributed by atoms with Gasteiger partial charge in [0.2, 0.25) is 0 Å². The number of aryl methyl sites for hydroxylation is 1. The van der Waals surface area contributed by atoms with Crippen LogP contribution in [0.3, 0.4) is 0 Å². The minimum absolute atomic E-state index is 0.0972. The largest absolute Gasteiger partial charge is 0.481 e. The number of rotatable bonds is 6. The third-order valence-electron chi connectivity index (χ3n) is 2.68. The highest BCUT2D eigenvalue weighted by molar-refractivity contribution is 7.99. The van der Waals surface area contributed by atoms with E-state index in [0.29, 0.717) is 33.0 Å². The average molecular weight is 367 g/mol. The van der Waals surface area contributed by atoms with Crippen molar-refractivity contribution in [1.82, 2.24) is 9.55 Å². The number of carboxylic acids is 1. The van der Waals surface area contributed by atoms with E-state index in [2.05, 4.69) is 4.98 Å². The molecule has 0 bridgehead atoms. The molecule has 0 saturated heterocycles. The minimum Gasteiger partial charge on any atom is -0.481 e. The molecule has 2 aromatic rings. The summed E-state index contributed by atoms with van der Waals surface area (Å²) in [7, 11) is -0.957. The molecule has 0 aliphatic rings. The molecule has 5 nitrogen and oxygen atoms in total. The summed E-state index contributed by atoms with van der Waals surface area (Å²) < 4.78 is 13.1. The number of halogens is 2. The van der Waals surface area contributed by atoms with E-state index in [1.54, 1.807) is 18.4 Å². The van der Waals surface area contributed by atoms with Crippen LogP contribution in [0.15, 0.2) is 17.3 Å². The SMILES string of the molecule is CS(=O)CCn1c(SCC(=O)O)nc2cc(Cl)c(Cl)cc21. The maximum Gasteiger partial charge on any atom is 0.313 e. The van der Waals surface area contributed by atoms with Gasteiger partial charge in [0, 0.05) is 29.4 Å². The first kappa shape index (κ1) is 16.6. The molecule has 21 heavy (non-hydrogen) atoms. The Morgan fingerprint density at radius 2 is 2.10 bits per heavy atom. The summed E-state index contributed by atoms with van der Waals surface area (Å²) in [5.41, 5.74) is 1.39. The lowest BCUT2D eigenvalue weighted by Crippen LogP contribution is -2.08. The molecule has 9 heteroatoms. The number of hydrogen-bond donors (Lipinski definition) is 1. The molecule has 0 aliphatic heterocycles. The van der Waals surface area contributed by atoms with Crippen LogP contribution in [0.25, 0.3) is 11.0 Å². The van der Waals surface area contributed by atoms with Crippen LogP contribution in [0.2, 0.25) is 10.0 Å². The second-order valence-corrected chi connectivity index (χ2v) is 7.57. The quantitative estimate of drug-likeness (QED) is 0.795.